The van der Waals surface area contributed by atoms with Gasteiger partial charge < -0.3 is 37.0 Å². The van der Waals surface area contributed by atoms with Crippen molar-refractivity contribution in [2.24, 2.45) is 0 Å². The molecule has 0 fully saturated rings. The van der Waals surface area contributed by atoms with E-state index in [4.69, 9.17) is 51.9 Å². The van der Waals surface area contributed by atoms with Crippen LogP contribution in [0, 0.1) is 0 Å². The van der Waals surface area contributed by atoms with Crippen molar-refractivity contribution in [1.29, 1.82) is 0 Å². The van der Waals surface area contributed by atoms with Gasteiger partial charge in [-0.1, -0.05) is 91.0 Å². The summed E-state index contributed by atoms with van der Waals surface area (Å²) in [6.45, 7) is 8.84. The summed E-state index contributed by atoms with van der Waals surface area (Å²) in [5.74, 6) is 4.29. The first-order chi connectivity index (χ1) is 32.0. The summed E-state index contributed by atoms with van der Waals surface area (Å²) in [7, 11) is -0.805. The number of anilines is 3. The van der Waals surface area contributed by atoms with Crippen molar-refractivity contribution in [3.8, 4) is 28.7 Å². The zero-order valence-electron chi connectivity index (χ0n) is 37.8. The van der Waals surface area contributed by atoms with Gasteiger partial charge in [0.05, 0.1) is 6.67 Å². The molecule has 0 N–H and O–H groups in total. The van der Waals surface area contributed by atoms with E-state index in [1.807, 2.05) is 194 Å². The Balaban J connectivity index is 1.38. The van der Waals surface area contributed by atoms with Gasteiger partial charge in [0.25, 0.3) is 0 Å². The van der Waals surface area contributed by atoms with Crippen LogP contribution in [0.5, 0.6) is 28.7 Å². The third-order valence-corrected chi connectivity index (χ3v) is 12.8. The average Bonchev–Trinajstić information content (AvgIpc) is 3.34. The van der Waals surface area contributed by atoms with Crippen LogP contribution in [0.25, 0.3) is 0 Å². The Morgan fingerprint density at radius 2 is 0.677 bits per heavy atom. The molecule has 0 unspecified atom stereocenters. The van der Waals surface area contributed by atoms with Gasteiger partial charge in [0.1, 0.15) is 28.7 Å². The lowest BCUT2D eigenvalue weighted by atomic mass is 10.3. The zero-order chi connectivity index (χ0) is 45.4. The minimum absolute atomic E-state index is 0.0479. The molecule has 0 saturated heterocycles. The first kappa shape index (κ1) is 48.0. The average molecular weight is 904 g/mol. The zero-order valence-corrected chi connectivity index (χ0v) is 38.8. The highest BCUT2D eigenvalue weighted by molar-refractivity contribution is 6.60. The highest BCUT2D eigenvalue weighted by atomic mass is 28.4. The third kappa shape index (κ3) is 15.9. The molecule has 16 heteroatoms. The molecule has 0 radical (unpaired) electrons. The normalized spacial score (nSPS) is 11.2. The van der Waals surface area contributed by atoms with Crippen LogP contribution in [0.1, 0.15) is 27.2 Å². The van der Waals surface area contributed by atoms with Gasteiger partial charge in [-0.15, -0.1) is 0 Å². The topological polar surface area (TPSA) is 125 Å². The van der Waals surface area contributed by atoms with Crippen LogP contribution < -0.4 is 38.4 Å². The smallest absolute Gasteiger partial charge is 0.473 e. The summed E-state index contributed by atoms with van der Waals surface area (Å²) in [6, 6.07) is 48.6. The molecule has 15 nitrogen and oxygen atoms in total. The van der Waals surface area contributed by atoms with Crippen LogP contribution in [0.3, 0.4) is 0 Å². The van der Waals surface area contributed by atoms with E-state index in [0.29, 0.717) is 73.8 Å². The molecule has 6 rings (SSSR count). The van der Waals surface area contributed by atoms with Gasteiger partial charge in [-0.2, -0.15) is 15.0 Å². The van der Waals surface area contributed by atoms with Crippen LogP contribution in [0.15, 0.2) is 152 Å². The lowest BCUT2D eigenvalue weighted by molar-refractivity contribution is 0.0701. The molecule has 6 aromatic rings. The molecule has 0 aliphatic carbocycles. The number of nitrogens with zero attached hydrogens (tertiary/aromatic N) is 7. The molecular weight excluding hydrogens is 843 g/mol. The van der Waals surface area contributed by atoms with Crippen LogP contribution in [0.4, 0.5) is 17.8 Å². The molecule has 344 valence electrons. The Labute approximate surface area is 384 Å². The van der Waals surface area contributed by atoms with Gasteiger partial charge in [-0.05, 0) is 101 Å². The van der Waals surface area contributed by atoms with E-state index in [1.165, 1.54) is 0 Å². The number of aromatic nitrogens is 3. The Morgan fingerprint density at radius 3 is 0.969 bits per heavy atom. The lowest BCUT2D eigenvalue weighted by Crippen LogP contribution is -2.46. The molecule has 1 aromatic heterocycles. The molecule has 0 saturated carbocycles. The minimum Gasteiger partial charge on any atom is -0.473 e. The first-order valence-corrected chi connectivity index (χ1v) is 23.9. The van der Waals surface area contributed by atoms with Gasteiger partial charge in [0.2, 0.25) is 17.8 Å². The molecule has 0 amide bonds. The van der Waals surface area contributed by atoms with Crippen LogP contribution in [0.2, 0.25) is 6.04 Å². The maximum Gasteiger partial charge on any atom is 0.500 e. The van der Waals surface area contributed by atoms with E-state index in [2.05, 4.69) is 4.90 Å². The lowest BCUT2D eigenvalue weighted by Gasteiger charge is -2.32. The van der Waals surface area contributed by atoms with Gasteiger partial charge in [-0.3, -0.25) is 19.6 Å². The van der Waals surface area contributed by atoms with E-state index in [0.717, 1.165) is 6.42 Å². The second kappa shape index (κ2) is 26.4. The van der Waals surface area contributed by atoms with Gasteiger partial charge >= 0.3 is 8.80 Å². The van der Waals surface area contributed by atoms with Crippen molar-refractivity contribution in [1.82, 2.24) is 19.9 Å². The summed E-state index contributed by atoms with van der Waals surface area (Å²) in [5.41, 5.74) is 0. The van der Waals surface area contributed by atoms with E-state index in [-0.39, 0.29) is 45.6 Å². The number of para-hydroxylation sites is 5. The first-order valence-electron chi connectivity index (χ1n) is 22.0. The van der Waals surface area contributed by atoms with E-state index in [1.54, 1.807) is 0 Å². The van der Waals surface area contributed by atoms with Crippen molar-refractivity contribution in [3.63, 3.8) is 0 Å². The highest BCUT2D eigenvalue weighted by Crippen LogP contribution is 2.24. The van der Waals surface area contributed by atoms with Crippen molar-refractivity contribution >= 4 is 26.6 Å². The molecule has 0 spiro atoms. The van der Waals surface area contributed by atoms with Crippen LogP contribution in [-0.2, 0) is 13.3 Å². The fraction of sp³-hybridized carbons (Fsp3) is 0.327. The maximum absolute atomic E-state index is 6.42. The number of hydrogen-bond acceptors (Lipinski definition) is 15. The maximum atomic E-state index is 6.42. The Kier molecular flexibility index (Phi) is 19.5. The van der Waals surface area contributed by atoms with E-state index in [9.17, 15) is 0 Å². The summed E-state index contributed by atoms with van der Waals surface area (Å²) in [6.07, 6.45) is 0.770. The predicted octanol–water partition coefficient (Wildman–Crippen LogP) is 8.80. The van der Waals surface area contributed by atoms with Gasteiger partial charge in [-0.25, -0.2) is 0 Å². The second-order valence-corrected chi connectivity index (χ2v) is 17.3. The third-order valence-electron chi connectivity index (χ3n) is 9.63. The van der Waals surface area contributed by atoms with E-state index >= 15 is 0 Å². The molecule has 0 bridgehead atoms. The molecule has 0 aliphatic heterocycles. The quantitative estimate of drug-likeness (QED) is 0.0316. The summed E-state index contributed by atoms with van der Waals surface area (Å²) in [5, 5.41) is 0. The minimum atomic E-state index is -2.85. The predicted molar refractivity (Wildman–Crippen MR) is 255 cm³/mol. The molecule has 1 heterocycles. The largest absolute Gasteiger partial charge is 0.500 e. The summed E-state index contributed by atoms with van der Waals surface area (Å²) < 4.78 is 50.2. The molecular formula is C49H61N7O8Si. The monoisotopic (exact) mass is 903 g/mol. The van der Waals surface area contributed by atoms with Gasteiger partial charge in [0.15, 0.2) is 33.7 Å². The van der Waals surface area contributed by atoms with Crippen molar-refractivity contribution < 1.29 is 37.0 Å². The standard InChI is InChI=1S/C49H61N7O8Si/c1-5-62-65(63-6-2,64-7-3)35-23-34-53(4)36-54(37-57-42-24-13-8-14-25-42)47-50-48(55(38-58-43-26-15-9-16-27-43)39-59-44-28-17-10-18-29-44)52-49(51-47)56(40-60-45-30-19-11-20-31-45)41-61-46-32-21-12-22-33-46/h8-22,24-33H,5-7,23,34-41H2,1-4H3. The number of ether oxygens (including phenoxy) is 5. The fourth-order valence-electron chi connectivity index (χ4n) is 6.51. The Hall–Kier alpha value is -6.43. The van der Waals surface area contributed by atoms with Crippen molar-refractivity contribution in [2.45, 2.75) is 33.2 Å². The van der Waals surface area contributed by atoms with Crippen molar-refractivity contribution in [3.05, 3.63) is 152 Å². The van der Waals surface area contributed by atoms with Crippen molar-refractivity contribution in [2.75, 3.05) is 88.4 Å². The summed E-state index contributed by atoms with van der Waals surface area (Å²) >= 11 is 0. The molecule has 0 aliphatic rings. The molecule has 65 heavy (non-hydrogen) atoms. The fourth-order valence-corrected chi connectivity index (χ4v) is 9.10. The summed E-state index contributed by atoms with van der Waals surface area (Å²) in [4.78, 5) is 23.1. The second-order valence-electron chi connectivity index (χ2n) is 14.6. The van der Waals surface area contributed by atoms with Crippen LogP contribution in [-0.4, -0.2) is 102 Å². The SMILES string of the molecule is CCO[Si](CCCN(C)CN(COc1ccccc1)c1nc(N(COc2ccccc2)COc2ccccc2)nc(N(COc2ccccc2)COc2ccccc2)n1)(OCC)OCC. The number of hydrogen-bond donors (Lipinski definition) is 0. The molecule has 5 aromatic carbocycles. The highest BCUT2D eigenvalue weighted by Gasteiger charge is 2.39. The Bertz CT molecular complexity index is 1980. The number of benzene rings is 5. The van der Waals surface area contributed by atoms with E-state index < -0.39 is 8.80 Å². The van der Waals surface area contributed by atoms with Gasteiger partial charge in [0, 0.05) is 25.9 Å². The number of rotatable bonds is 30. The molecule has 0 atom stereocenters. The van der Waals surface area contributed by atoms with Crippen LogP contribution >= 0.6 is 0 Å². The Morgan fingerprint density at radius 1 is 0.400 bits per heavy atom.